The normalized spacial score (nSPS) is 14.3. The number of phosphoric acid groups is 1. The van der Waals surface area contributed by atoms with Crippen LogP contribution in [0.5, 0.6) is 0 Å². The van der Waals surface area contributed by atoms with Crippen molar-refractivity contribution in [2.24, 2.45) is 0 Å². The predicted octanol–water partition coefficient (Wildman–Crippen LogP) is 14.5. The molecular weight excluding hydrogens is 810 g/mol. The zero-order valence-corrected chi connectivity index (χ0v) is 41.4. The summed E-state index contributed by atoms with van der Waals surface area (Å²) in [5.41, 5.74) is 0. The summed E-state index contributed by atoms with van der Waals surface area (Å²) in [6.07, 6.45) is 59.0. The maximum Gasteiger partial charge on any atom is 0.472 e. The highest BCUT2D eigenvalue weighted by atomic mass is 31.2. The van der Waals surface area contributed by atoms with Crippen LogP contribution in [0.4, 0.5) is 0 Å². The number of quaternary nitrogens is 1. The Labute approximate surface area is 385 Å². The average Bonchev–Trinajstić information content (AvgIpc) is 3.24. The molecule has 0 aliphatic heterocycles. The number of carbonyl (C=O) groups excluding carboxylic acids is 2. The SMILES string of the molecule is CC/C=C\C/C=C\C/C=C\C/C=C\C/C=C\C/C=C\C/C=C\C/C=C\CCCCCCC(=O)OC(COC(=O)CCCCCCCCCCCC)COP(=O)(O)OCC[N+](C)(C)C. The molecule has 0 aliphatic carbocycles. The molecule has 0 aromatic rings. The van der Waals surface area contributed by atoms with E-state index in [-0.39, 0.29) is 32.0 Å². The minimum Gasteiger partial charge on any atom is -0.462 e. The van der Waals surface area contributed by atoms with Gasteiger partial charge in [-0.3, -0.25) is 18.6 Å². The molecule has 2 atom stereocenters. The molecule has 0 spiro atoms. The second-order valence-electron chi connectivity index (χ2n) is 17.1. The van der Waals surface area contributed by atoms with Crippen LogP contribution in [0.1, 0.15) is 174 Å². The fraction of sp³-hybridized carbons (Fsp3) is 0.660. The second-order valence-corrected chi connectivity index (χ2v) is 18.6. The summed E-state index contributed by atoms with van der Waals surface area (Å²) in [7, 11) is 1.44. The fourth-order valence-corrected chi connectivity index (χ4v) is 6.83. The first-order valence-corrected chi connectivity index (χ1v) is 26.0. The quantitative estimate of drug-likeness (QED) is 0.0212. The van der Waals surface area contributed by atoms with Crippen LogP contribution in [-0.4, -0.2) is 74.9 Å². The first-order valence-electron chi connectivity index (χ1n) is 24.5. The Hall–Kier alpha value is -3.07. The molecule has 0 radical (unpaired) electrons. The zero-order valence-electron chi connectivity index (χ0n) is 40.5. The summed E-state index contributed by atoms with van der Waals surface area (Å²) in [4.78, 5) is 35.4. The van der Waals surface area contributed by atoms with Crippen molar-refractivity contribution >= 4 is 19.8 Å². The van der Waals surface area contributed by atoms with Crippen molar-refractivity contribution in [2.75, 3.05) is 47.5 Å². The van der Waals surface area contributed by atoms with Gasteiger partial charge >= 0.3 is 19.8 Å². The van der Waals surface area contributed by atoms with E-state index in [0.717, 1.165) is 96.3 Å². The molecule has 9 nitrogen and oxygen atoms in total. The maximum atomic E-state index is 12.7. The van der Waals surface area contributed by atoms with Gasteiger partial charge in [-0.1, -0.05) is 182 Å². The van der Waals surface area contributed by atoms with Crippen molar-refractivity contribution in [2.45, 2.75) is 180 Å². The molecule has 0 rings (SSSR count). The number of esters is 2. The first kappa shape index (κ1) is 59.9. The van der Waals surface area contributed by atoms with E-state index in [2.05, 4.69) is 111 Å². The number of likely N-dealkylation sites (N-methyl/N-ethyl adjacent to an activating group) is 1. The summed E-state index contributed by atoms with van der Waals surface area (Å²) in [6, 6.07) is 0. The summed E-state index contributed by atoms with van der Waals surface area (Å²) >= 11 is 0. The van der Waals surface area contributed by atoms with Gasteiger partial charge in [0, 0.05) is 12.8 Å². The Balaban J connectivity index is 4.29. The van der Waals surface area contributed by atoms with Crippen LogP contribution in [0.2, 0.25) is 0 Å². The summed E-state index contributed by atoms with van der Waals surface area (Å²) in [5.74, 6) is -0.836. The number of ether oxygens (including phenoxy) is 2. The van der Waals surface area contributed by atoms with E-state index in [4.69, 9.17) is 18.5 Å². The molecule has 0 fully saturated rings. The Morgan fingerprint density at radius 3 is 1.35 bits per heavy atom. The molecule has 0 aromatic heterocycles. The Morgan fingerprint density at radius 1 is 0.508 bits per heavy atom. The number of rotatable bonds is 43. The van der Waals surface area contributed by atoms with Crippen LogP contribution in [0, 0.1) is 0 Å². The third kappa shape index (κ3) is 48.2. The first-order chi connectivity index (χ1) is 30.5. The van der Waals surface area contributed by atoms with Gasteiger partial charge in [-0.05, 0) is 77.0 Å². The van der Waals surface area contributed by atoms with Crippen molar-refractivity contribution in [3.05, 3.63) is 97.2 Å². The van der Waals surface area contributed by atoms with Gasteiger partial charge in [0.15, 0.2) is 6.10 Å². The van der Waals surface area contributed by atoms with E-state index in [1.807, 2.05) is 21.1 Å². The number of allylic oxidation sites excluding steroid dienone is 16. The van der Waals surface area contributed by atoms with Gasteiger partial charge < -0.3 is 18.9 Å². The van der Waals surface area contributed by atoms with Gasteiger partial charge in [0.05, 0.1) is 27.7 Å². The maximum absolute atomic E-state index is 12.7. The number of carbonyl (C=O) groups is 2. The van der Waals surface area contributed by atoms with Crippen molar-refractivity contribution in [1.82, 2.24) is 0 Å². The van der Waals surface area contributed by atoms with E-state index in [0.29, 0.717) is 17.4 Å². The molecule has 0 heterocycles. The summed E-state index contributed by atoms with van der Waals surface area (Å²) in [5, 5.41) is 0. The van der Waals surface area contributed by atoms with Crippen LogP contribution in [0.25, 0.3) is 0 Å². The number of nitrogens with zero attached hydrogens (tertiary/aromatic N) is 1. The molecular formula is C53H91NO8P+. The van der Waals surface area contributed by atoms with Crippen molar-refractivity contribution in [3.8, 4) is 0 Å². The molecule has 1 N–H and O–H groups in total. The van der Waals surface area contributed by atoms with Crippen LogP contribution >= 0.6 is 7.82 Å². The zero-order chi connectivity index (χ0) is 46.4. The molecule has 0 aromatic carbocycles. The number of phosphoric ester groups is 1. The Morgan fingerprint density at radius 2 is 0.905 bits per heavy atom. The van der Waals surface area contributed by atoms with E-state index in [1.54, 1.807) is 0 Å². The van der Waals surface area contributed by atoms with Gasteiger partial charge in [0.1, 0.15) is 19.8 Å². The largest absolute Gasteiger partial charge is 0.472 e. The molecule has 0 saturated heterocycles. The van der Waals surface area contributed by atoms with Gasteiger partial charge in [-0.15, -0.1) is 0 Å². The molecule has 360 valence electrons. The summed E-state index contributed by atoms with van der Waals surface area (Å²) in [6.45, 7) is 4.24. The standard InChI is InChI=1S/C53H90NO8P/c1-6-8-10-12-14-16-18-19-20-21-22-23-24-25-26-27-28-29-30-31-32-33-34-35-36-38-40-42-44-46-53(56)62-51(50-61-63(57,58)60-48-47-54(3,4)5)49-59-52(55)45-43-41-39-37-17-15-13-11-9-7-2/h8,10,14,16,19-20,22-23,25-26,28-29,31-32,34-35,51H,6-7,9,11-13,15,17-18,21,24,27,30,33,36-50H2,1-5H3/p+1/b10-8-,16-14-,20-19-,23-22-,26-25-,29-28-,32-31-,35-34-. The minimum atomic E-state index is -4.39. The minimum absolute atomic E-state index is 0.0220. The van der Waals surface area contributed by atoms with E-state index < -0.39 is 26.5 Å². The van der Waals surface area contributed by atoms with Crippen molar-refractivity contribution in [1.29, 1.82) is 0 Å². The molecule has 0 amide bonds. The monoisotopic (exact) mass is 901 g/mol. The van der Waals surface area contributed by atoms with Gasteiger partial charge in [0.25, 0.3) is 0 Å². The van der Waals surface area contributed by atoms with E-state index in [1.165, 1.54) is 44.9 Å². The Bertz CT molecular complexity index is 1390. The van der Waals surface area contributed by atoms with Crippen molar-refractivity contribution < 1.29 is 42.1 Å². The van der Waals surface area contributed by atoms with E-state index >= 15 is 0 Å². The van der Waals surface area contributed by atoms with Gasteiger partial charge in [0.2, 0.25) is 0 Å². The average molecular weight is 901 g/mol. The third-order valence-electron chi connectivity index (χ3n) is 9.88. The summed E-state index contributed by atoms with van der Waals surface area (Å²) < 4.78 is 34.3. The third-order valence-corrected chi connectivity index (χ3v) is 10.9. The highest BCUT2D eigenvalue weighted by Gasteiger charge is 2.27. The van der Waals surface area contributed by atoms with Gasteiger partial charge in [-0.2, -0.15) is 0 Å². The smallest absolute Gasteiger partial charge is 0.462 e. The molecule has 2 unspecified atom stereocenters. The topological polar surface area (TPSA) is 108 Å². The number of hydrogen-bond donors (Lipinski definition) is 1. The van der Waals surface area contributed by atoms with Crippen molar-refractivity contribution in [3.63, 3.8) is 0 Å². The second kappa shape index (κ2) is 44.1. The molecule has 10 heteroatoms. The molecule has 63 heavy (non-hydrogen) atoms. The lowest BCUT2D eigenvalue weighted by Gasteiger charge is -2.24. The lowest BCUT2D eigenvalue weighted by atomic mass is 10.1. The van der Waals surface area contributed by atoms with E-state index in [9.17, 15) is 19.0 Å². The molecule has 0 saturated carbocycles. The van der Waals surface area contributed by atoms with Crippen LogP contribution in [-0.2, 0) is 32.7 Å². The molecule has 0 bridgehead atoms. The molecule has 0 aliphatic rings. The highest BCUT2D eigenvalue weighted by Crippen LogP contribution is 2.43. The van der Waals surface area contributed by atoms with Crippen LogP contribution < -0.4 is 0 Å². The number of unbranched alkanes of at least 4 members (excludes halogenated alkanes) is 13. The highest BCUT2D eigenvalue weighted by molar-refractivity contribution is 7.47. The Kier molecular flexibility index (Phi) is 42.0. The lowest BCUT2D eigenvalue weighted by molar-refractivity contribution is -0.870. The lowest BCUT2D eigenvalue weighted by Crippen LogP contribution is -2.37. The van der Waals surface area contributed by atoms with Crippen LogP contribution in [0.3, 0.4) is 0 Å². The number of hydrogen-bond acceptors (Lipinski definition) is 7. The van der Waals surface area contributed by atoms with Gasteiger partial charge in [-0.25, -0.2) is 4.57 Å². The fourth-order valence-electron chi connectivity index (χ4n) is 6.09. The predicted molar refractivity (Wildman–Crippen MR) is 265 cm³/mol. The van der Waals surface area contributed by atoms with Crippen LogP contribution in [0.15, 0.2) is 97.2 Å².